The van der Waals surface area contributed by atoms with Crippen molar-refractivity contribution >= 4 is 5.69 Å². The van der Waals surface area contributed by atoms with E-state index in [-0.39, 0.29) is 0 Å². The first-order valence-corrected chi connectivity index (χ1v) is 7.66. The van der Waals surface area contributed by atoms with Gasteiger partial charge in [0.1, 0.15) is 0 Å². The number of aliphatic hydroxyl groups excluding tert-OH is 1. The third-order valence-corrected chi connectivity index (χ3v) is 4.77. The van der Waals surface area contributed by atoms with Crippen molar-refractivity contribution in [1.82, 2.24) is 4.98 Å². The van der Waals surface area contributed by atoms with E-state index in [9.17, 15) is 5.11 Å². The molecule has 1 aromatic rings. The predicted molar refractivity (Wildman–Crippen MR) is 77.2 cm³/mol. The predicted octanol–water partition coefficient (Wildman–Crippen LogP) is 3.29. The lowest BCUT2D eigenvalue weighted by molar-refractivity contribution is 0.194. The van der Waals surface area contributed by atoms with E-state index >= 15 is 0 Å². The maximum atomic E-state index is 9.53. The number of pyridine rings is 1. The number of rotatable bonds is 3. The summed E-state index contributed by atoms with van der Waals surface area (Å²) in [4.78, 5) is 6.94. The van der Waals surface area contributed by atoms with Gasteiger partial charge in [0, 0.05) is 12.6 Å². The second-order valence-electron chi connectivity index (χ2n) is 6.06. The van der Waals surface area contributed by atoms with Gasteiger partial charge in [0.15, 0.2) is 0 Å². The summed E-state index contributed by atoms with van der Waals surface area (Å²) in [7, 11) is 0. The Bertz CT molecular complexity index is 409. The summed E-state index contributed by atoms with van der Waals surface area (Å²) in [5, 5.41) is 9.53. The third-order valence-electron chi connectivity index (χ3n) is 4.77. The lowest BCUT2D eigenvalue weighted by Crippen LogP contribution is -2.34. The van der Waals surface area contributed by atoms with Crippen LogP contribution in [0.2, 0.25) is 0 Å². The average Bonchev–Trinajstić information content (AvgIpc) is 3.09. The fourth-order valence-electron chi connectivity index (χ4n) is 3.76. The highest BCUT2D eigenvalue weighted by Gasteiger charge is 2.33. The van der Waals surface area contributed by atoms with E-state index in [2.05, 4.69) is 16.0 Å². The third kappa shape index (κ3) is 2.62. The van der Waals surface area contributed by atoms with Gasteiger partial charge in [-0.1, -0.05) is 12.8 Å². The molecule has 2 atom stereocenters. The van der Waals surface area contributed by atoms with Gasteiger partial charge in [0.25, 0.3) is 0 Å². The SMILES string of the molecule is CC(O)c1ccc(N2CCCC2C2CCCC2)cn1. The molecule has 2 unspecified atom stereocenters. The molecule has 0 radical (unpaired) electrons. The largest absolute Gasteiger partial charge is 0.387 e. The van der Waals surface area contributed by atoms with Gasteiger partial charge in [-0.3, -0.25) is 4.98 Å². The highest BCUT2D eigenvalue weighted by molar-refractivity contribution is 5.47. The normalized spacial score (nSPS) is 26.0. The molecule has 2 aliphatic rings. The molecule has 3 nitrogen and oxygen atoms in total. The van der Waals surface area contributed by atoms with Crippen molar-refractivity contribution in [2.24, 2.45) is 5.92 Å². The average molecular weight is 260 g/mol. The Hall–Kier alpha value is -1.09. The zero-order valence-corrected chi connectivity index (χ0v) is 11.8. The van der Waals surface area contributed by atoms with Crippen LogP contribution in [0.1, 0.15) is 57.2 Å². The molecule has 2 heterocycles. The molecule has 1 saturated heterocycles. The minimum atomic E-state index is -0.474. The zero-order valence-electron chi connectivity index (χ0n) is 11.8. The number of hydrogen-bond acceptors (Lipinski definition) is 3. The van der Waals surface area contributed by atoms with Crippen molar-refractivity contribution < 1.29 is 5.11 Å². The van der Waals surface area contributed by atoms with Crippen LogP contribution in [0.5, 0.6) is 0 Å². The summed E-state index contributed by atoms with van der Waals surface area (Å²) in [6.45, 7) is 2.93. The molecule has 1 N–H and O–H groups in total. The molecule has 2 fully saturated rings. The molecule has 0 aromatic carbocycles. The summed E-state index contributed by atoms with van der Waals surface area (Å²) in [5.41, 5.74) is 2.00. The van der Waals surface area contributed by atoms with E-state index in [1.165, 1.54) is 44.2 Å². The number of nitrogens with zero attached hydrogens (tertiary/aromatic N) is 2. The van der Waals surface area contributed by atoms with E-state index in [0.717, 1.165) is 24.2 Å². The standard InChI is InChI=1S/C16H24N2O/c1-12(19)15-9-8-14(11-17-15)18-10-4-7-16(18)13-5-2-3-6-13/h8-9,11-13,16,19H,2-7,10H2,1H3. The molecule has 104 valence electrons. The molecule has 3 heteroatoms. The Morgan fingerprint density at radius 3 is 2.63 bits per heavy atom. The van der Waals surface area contributed by atoms with E-state index in [4.69, 9.17) is 0 Å². The van der Waals surface area contributed by atoms with Gasteiger partial charge in [0.05, 0.1) is 23.7 Å². The fourth-order valence-corrected chi connectivity index (χ4v) is 3.76. The van der Waals surface area contributed by atoms with Crippen molar-refractivity contribution in [3.05, 3.63) is 24.0 Å². The molecular weight excluding hydrogens is 236 g/mol. The first-order valence-electron chi connectivity index (χ1n) is 7.66. The quantitative estimate of drug-likeness (QED) is 0.906. The first-order chi connectivity index (χ1) is 9.25. The Morgan fingerprint density at radius 2 is 2.00 bits per heavy atom. The van der Waals surface area contributed by atoms with Crippen LogP contribution in [-0.4, -0.2) is 22.7 Å². The van der Waals surface area contributed by atoms with Crippen LogP contribution < -0.4 is 4.90 Å². The van der Waals surface area contributed by atoms with Crippen molar-refractivity contribution in [3.63, 3.8) is 0 Å². The van der Waals surface area contributed by atoms with Gasteiger partial charge in [-0.25, -0.2) is 0 Å². The Morgan fingerprint density at radius 1 is 1.21 bits per heavy atom. The van der Waals surface area contributed by atoms with E-state index < -0.39 is 6.10 Å². The van der Waals surface area contributed by atoms with Gasteiger partial charge in [0.2, 0.25) is 0 Å². The second-order valence-corrected chi connectivity index (χ2v) is 6.06. The lowest BCUT2D eigenvalue weighted by Gasteiger charge is -2.31. The molecule has 1 aromatic heterocycles. The number of aliphatic hydroxyl groups is 1. The summed E-state index contributed by atoms with van der Waals surface area (Å²) >= 11 is 0. The molecule has 0 spiro atoms. The Labute approximate surface area is 115 Å². The van der Waals surface area contributed by atoms with Crippen molar-refractivity contribution in [2.75, 3.05) is 11.4 Å². The van der Waals surface area contributed by atoms with E-state index in [1.807, 2.05) is 12.3 Å². The summed E-state index contributed by atoms with van der Waals surface area (Å²) < 4.78 is 0. The fraction of sp³-hybridized carbons (Fsp3) is 0.688. The maximum absolute atomic E-state index is 9.53. The number of anilines is 1. The molecule has 1 aliphatic carbocycles. The first kappa shape index (κ1) is 12.9. The molecule has 3 rings (SSSR count). The highest BCUT2D eigenvalue weighted by atomic mass is 16.3. The van der Waals surface area contributed by atoms with Gasteiger partial charge >= 0.3 is 0 Å². The van der Waals surface area contributed by atoms with Crippen LogP contribution in [0, 0.1) is 5.92 Å². The van der Waals surface area contributed by atoms with E-state index in [1.54, 1.807) is 6.92 Å². The van der Waals surface area contributed by atoms with Crippen molar-refractivity contribution in [2.45, 2.75) is 57.6 Å². The monoisotopic (exact) mass is 260 g/mol. The molecule has 0 bridgehead atoms. The minimum absolute atomic E-state index is 0.474. The molecule has 1 saturated carbocycles. The molecule has 0 amide bonds. The van der Waals surface area contributed by atoms with Crippen LogP contribution in [-0.2, 0) is 0 Å². The van der Waals surface area contributed by atoms with Crippen LogP contribution >= 0.6 is 0 Å². The molecular formula is C16H24N2O. The zero-order chi connectivity index (χ0) is 13.2. The number of hydrogen-bond donors (Lipinski definition) is 1. The van der Waals surface area contributed by atoms with E-state index in [0.29, 0.717) is 0 Å². The molecule has 1 aliphatic heterocycles. The summed E-state index contributed by atoms with van der Waals surface area (Å²) in [6.07, 6.45) is 9.74. The topological polar surface area (TPSA) is 36.4 Å². The van der Waals surface area contributed by atoms with Crippen LogP contribution in [0.4, 0.5) is 5.69 Å². The minimum Gasteiger partial charge on any atom is -0.387 e. The van der Waals surface area contributed by atoms with Gasteiger partial charge in [-0.15, -0.1) is 0 Å². The second kappa shape index (κ2) is 5.49. The summed E-state index contributed by atoms with van der Waals surface area (Å²) in [5.74, 6) is 0.888. The van der Waals surface area contributed by atoms with Crippen molar-refractivity contribution in [1.29, 1.82) is 0 Å². The van der Waals surface area contributed by atoms with Gasteiger partial charge in [-0.05, 0) is 50.7 Å². The van der Waals surface area contributed by atoms with Crippen LogP contribution in [0.15, 0.2) is 18.3 Å². The van der Waals surface area contributed by atoms with Crippen LogP contribution in [0.3, 0.4) is 0 Å². The van der Waals surface area contributed by atoms with Gasteiger partial charge < -0.3 is 10.0 Å². The van der Waals surface area contributed by atoms with Gasteiger partial charge in [-0.2, -0.15) is 0 Å². The highest BCUT2D eigenvalue weighted by Crippen LogP contribution is 2.37. The van der Waals surface area contributed by atoms with Crippen LogP contribution in [0.25, 0.3) is 0 Å². The molecule has 19 heavy (non-hydrogen) atoms. The van der Waals surface area contributed by atoms with Crippen molar-refractivity contribution in [3.8, 4) is 0 Å². The number of aromatic nitrogens is 1. The Balaban J connectivity index is 1.76. The smallest absolute Gasteiger partial charge is 0.0931 e. The summed E-state index contributed by atoms with van der Waals surface area (Å²) in [6, 6.07) is 4.81. The lowest BCUT2D eigenvalue weighted by atomic mass is 9.96. The Kier molecular flexibility index (Phi) is 3.74. The maximum Gasteiger partial charge on any atom is 0.0931 e.